The molecule has 0 bridgehead atoms. The summed E-state index contributed by atoms with van der Waals surface area (Å²) in [6, 6.07) is 5.36. The van der Waals surface area contributed by atoms with Crippen LogP contribution in [0.1, 0.15) is 32.7 Å². The van der Waals surface area contributed by atoms with Gasteiger partial charge in [-0.25, -0.2) is 0 Å². The molecule has 3 nitrogen and oxygen atoms in total. The number of aromatic nitrogens is 1. The normalized spacial score (nSPS) is 10.5. The SMILES string of the molecule is COc1c(C)cnc(CC(=O)c2ccc(C)c(Cl)c2)c1C. The Hall–Kier alpha value is -1.87. The van der Waals surface area contributed by atoms with Crippen LogP contribution in [0.2, 0.25) is 5.02 Å². The van der Waals surface area contributed by atoms with Gasteiger partial charge in [0.15, 0.2) is 5.78 Å². The predicted octanol–water partition coefficient (Wildman–Crippen LogP) is 4.09. The number of carbonyl (C=O) groups is 1. The fraction of sp³-hybridized carbons (Fsp3) is 0.294. The zero-order valence-corrected chi connectivity index (χ0v) is 13.4. The van der Waals surface area contributed by atoms with E-state index in [0.29, 0.717) is 10.6 Å². The molecule has 1 heterocycles. The average molecular weight is 304 g/mol. The minimum atomic E-state index is -0.00148. The molecule has 0 atom stereocenters. The number of rotatable bonds is 4. The van der Waals surface area contributed by atoms with Crippen LogP contribution in [-0.4, -0.2) is 17.9 Å². The summed E-state index contributed by atoms with van der Waals surface area (Å²) in [7, 11) is 1.63. The molecule has 2 aromatic rings. The second-order valence-corrected chi connectivity index (χ2v) is 5.52. The van der Waals surface area contributed by atoms with E-state index in [-0.39, 0.29) is 12.2 Å². The number of Topliss-reactive ketones (excluding diaryl/α,β-unsaturated/α-hetero) is 1. The van der Waals surface area contributed by atoms with Gasteiger partial charge in [0.05, 0.1) is 19.2 Å². The smallest absolute Gasteiger partial charge is 0.168 e. The van der Waals surface area contributed by atoms with Crippen LogP contribution >= 0.6 is 11.6 Å². The molecule has 21 heavy (non-hydrogen) atoms. The lowest BCUT2D eigenvalue weighted by atomic mass is 10.0. The first-order valence-corrected chi connectivity index (χ1v) is 7.10. The highest BCUT2D eigenvalue weighted by Crippen LogP contribution is 2.25. The number of methoxy groups -OCH3 is 1. The van der Waals surface area contributed by atoms with Crippen molar-refractivity contribution in [1.29, 1.82) is 0 Å². The van der Waals surface area contributed by atoms with Crippen molar-refractivity contribution in [2.75, 3.05) is 7.11 Å². The number of ketones is 1. The Morgan fingerprint density at radius 1 is 1.24 bits per heavy atom. The monoisotopic (exact) mass is 303 g/mol. The lowest BCUT2D eigenvalue weighted by molar-refractivity contribution is 0.0991. The van der Waals surface area contributed by atoms with Gasteiger partial charge in [-0.1, -0.05) is 23.7 Å². The van der Waals surface area contributed by atoms with Crippen molar-refractivity contribution < 1.29 is 9.53 Å². The third kappa shape index (κ3) is 3.24. The average Bonchev–Trinajstić information content (AvgIpc) is 2.45. The Morgan fingerprint density at radius 3 is 2.57 bits per heavy atom. The minimum absolute atomic E-state index is 0.00148. The van der Waals surface area contributed by atoms with Gasteiger partial charge in [0, 0.05) is 27.9 Å². The first kappa shape index (κ1) is 15.5. The van der Waals surface area contributed by atoms with E-state index in [9.17, 15) is 4.79 Å². The molecule has 1 aromatic heterocycles. The summed E-state index contributed by atoms with van der Waals surface area (Å²) in [5.41, 5.74) is 4.17. The van der Waals surface area contributed by atoms with Crippen LogP contribution in [0.3, 0.4) is 0 Å². The molecular formula is C17H18ClNO2. The van der Waals surface area contributed by atoms with Gasteiger partial charge in [0.1, 0.15) is 5.75 Å². The van der Waals surface area contributed by atoms with Crippen LogP contribution < -0.4 is 4.74 Å². The number of halogens is 1. The van der Waals surface area contributed by atoms with Gasteiger partial charge in [0.25, 0.3) is 0 Å². The van der Waals surface area contributed by atoms with Crippen molar-refractivity contribution in [1.82, 2.24) is 4.98 Å². The van der Waals surface area contributed by atoms with Gasteiger partial charge >= 0.3 is 0 Å². The Morgan fingerprint density at radius 2 is 1.95 bits per heavy atom. The molecular weight excluding hydrogens is 286 g/mol. The van der Waals surface area contributed by atoms with Crippen molar-refractivity contribution >= 4 is 17.4 Å². The molecule has 0 amide bonds. The molecule has 0 aliphatic rings. The molecule has 0 fully saturated rings. The van der Waals surface area contributed by atoms with Crippen LogP contribution in [0.4, 0.5) is 0 Å². The van der Waals surface area contributed by atoms with E-state index in [1.165, 1.54) is 0 Å². The second-order valence-electron chi connectivity index (χ2n) is 5.11. The van der Waals surface area contributed by atoms with E-state index in [0.717, 1.165) is 28.1 Å². The molecule has 0 N–H and O–H groups in total. The van der Waals surface area contributed by atoms with Gasteiger partial charge in [0.2, 0.25) is 0 Å². The lowest BCUT2D eigenvalue weighted by Crippen LogP contribution is -2.08. The topological polar surface area (TPSA) is 39.2 Å². The van der Waals surface area contributed by atoms with Gasteiger partial charge in [-0.15, -0.1) is 0 Å². The first-order chi connectivity index (χ1) is 9.93. The Labute approximate surface area is 129 Å². The summed E-state index contributed by atoms with van der Waals surface area (Å²) >= 11 is 6.07. The molecule has 2 rings (SSSR count). The van der Waals surface area contributed by atoms with Crippen LogP contribution in [0.15, 0.2) is 24.4 Å². The number of ether oxygens (including phenoxy) is 1. The third-order valence-corrected chi connectivity index (χ3v) is 3.98. The van der Waals surface area contributed by atoms with Gasteiger partial charge in [-0.05, 0) is 32.4 Å². The van der Waals surface area contributed by atoms with Gasteiger partial charge < -0.3 is 4.74 Å². The Bertz CT molecular complexity index is 695. The summed E-state index contributed by atoms with van der Waals surface area (Å²) in [5, 5.41) is 0.604. The molecule has 0 saturated carbocycles. The molecule has 1 aromatic carbocycles. The van der Waals surface area contributed by atoms with E-state index in [1.807, 2.05) is 26.8 Å². The quantitative estimate of drug-likeness (QED) is 0.798. The van der Waals surface area contributed by atoms with E-state index >= 15 is 0 Å². The largest absolute Gasteiger partial charge is 0.496 e. The van der Waals surface area contributed by atoms with Crippen molar-refractivity contribution in [3.63, 3.8) is 0 Å². The number of aryl methyl sites for hydroxylation is 2. The maximum atomic E-state index is 12.4. The van der Waals surface area contributed by atoms with Gasteiger partial charge in [-0.2, -0.15) is 0 Å². The fourth-order valence-corrected chi connectivity index (χ4v) is 2.45. The number of pyridine rings is 1. The van der Waals surface area contributed by atoms with E-state index in [4.69, 9.17) is 16.3 Å². The van der Waals surface area contributed by atoms with Crippen LogP contribution in [-0.2, 0) is 6.42 Å². The fourth-order valence-electron chi connectivity index (χ4n) is 2.27. The van der Waals surface area contributed by atoms with Gasteiger partial charge in [-0.3, -0.25) is 9.78 Å². The van der Waals surface area contributed by atoms with Crippen molar-refractivity contribution in [2.45, 2.75) is 27.2 Å². The zero-order valence-electron chi connectivity index (χ0n) is 12.7. The maximum absolute atomic E-state index is 12.4. The summed E-state index contributed by atoms with van der Waals surface area (Å²) in [6.45, 7) is 5.76. The molecule has 0 spiro atoms. The Balaban J connectivity index is 2.29. The standard InChI is InChI=1S/C17H18ClNO2/c1-10-5-6-13(7-14(10)18)16(20)8-15-12(3)17(21-4)11(2)9-19-15/h5-7,9H,8H2,1-4H3. The maximum Gasteiger partial charge on any atom is 0.168 e. The van der Waals surface area contributed by atoms with Crippen molar-refractivity contribution in [2.24, 2.45) is 0 Å². The third-order valence-electron chi connectivity index (χ3n) is 3.57. The van der Waals surface area contributed by atoms with E-state index in [2.05, 4.69) is 4.98 Å². The van der Waals surface area contributed by atoms with Crippen LogP contribution in [0.25, 0.3) is 0 Å². The number of benzene rings is 1. The lowest BCUT2D eigenvalue weighted by Gasteiger charge is -2.12. The van der Waals surface area contributed by atoms with Crippen molar-refractivity contribution in [3.05, 3.63) is 57.4 Å². The van der Waals surface area contributed by atoms with Crippen LogP contribution in [0, 0.1) is 20.8 Å². The Kier molecular flexibility index (Phi) is 4.63. The summed E-state index contributed by atoms with van der Waals surface area (Å²) in [6.07, 6.45) is 1.97. The first-order valence-electron chi connectivity index (χ1n) is 6.72. The van der Waals surface area contributed by atoms with Crippen LogP contribution in [0.5, 0.6) is 5.75 Å². The predicted molar refractivity (Wildman–Crippen MR) is 84.5 cm³/mol. The highest BCUT2D eigenvalue weighted by Gasteiger charge is 2.14. The van der Waals surface area contributed by atoms with E-state index in [1.54, 1.807) is 25.4 Å². The van der Waals surface area contributed by atoms with E-state index < -0.39 is 0 Å². The molecule has 0 radical (unpaired) electrons. The van der Waals surface area contributed by atoms with Crippen molar-refractivity contribution in [3.8, 4) is 5.75 Å². The summed E-state index contributed by atoms with van der Waals surface area (Å²) in [5.74, 6) is 0.785. The summed E-state index contributed by atoms with van der Waals surface area (Å²) < 4.78 is 5.37. The molecule has 4 heteroatoms. The highest BCUT2D eigenvalue weighted by molar-refractivity contribution is 6.31. The number of carbonyl (C=O) groups excluding carboxylic acids is 1. The molecule has 110 valence electrons. The zero-order chi connectivity index (χ0) is 15.6. The summed E-state index contributed by atoms with van der Waals surface area (Å²) in [4.78, 5) is 16.7. The number of hydrogen-bond acceptors (Lipinski definition) is 3. The molecule has 0 aliphatic carbocycles. The number of nitrogens with zero attached hydrogens (tertiary/aromatic N) is 1. The minimum Gasteiger partial charge on any atom is -0.496 e. The number of hydrogen-bond donors (Lipinski definition) is 0. The molecule has 0 aliphatic heterocycles. The highest BCUT2D eigenvalue weighted by atomic mass is 35.5. The second kappa shape index (κ2) is 6.27. The molecule has 0 saturated heterocycles. The molecule has 0 unspecified atom stereocenters.